The Bertz CT molecular complexity index is 833. The molecule has 1 amide bonds. The second kappa shape index (κ2) is 10.1. The van der Waals surface area contributed by atoms with Gasteiger partial charge in [0.2, 0.25) is 11.3 Å². The number of aryl methyl sites for hydroxylation is 2. The third-order valence-corrected chi connectivity index (χ3v) is 4.54. The summed E-state index contributed by atoms with van der Waals surface area (Å²) < 4.78 is 11.7. The van der Waals surface area contributed by atoms with Gasteiger partial charge in [-0.3, -0.25) is 9.59 Å². The van der Waals surface area contributed by atoms with Gasteiger partial charge in [-0.1, -0.05) is 11.8 Å². The van der Waals surface area contributed by atoms with Crippen molar-refractivity contribution in [3.05, 3.63) is 45.6 Å². The number of hydrogen-bond donors (Lipinski definition) is 1. The Kier molecular flexibility index (Phi) is 7.81. The molecule has 2 aromatic heterocycles. The third-order valence-electron chi connectivity index (χ3n) is 3.66. The van der Waals surface area contributed by atoms with Crippen LogP contribution in [0.5, 0.6) is 5.75 Å². The van der Waals surface area contributed by atoms with Crippen molar-refractivity contribution in [3.8, 4) is 5.75 Å². The highest BCUT2D eigenvalue weighted by atomic mass is 32.2. The average molecular weight is 392 g/mol. The van der Waals surface area contributed by atoms with Crippen LogP contribution in [0.1, 0.15) is 17.1 Å². The van der Waals surface area contributed by atoms with Crippen LogP contribution >= 0.6 is 11.8 Å². The maximum absolute atomic E-state index is 12.1. The maximum Gasteiger partial charge on any atom is 0.240 e. The van der Waals surface area contributed by atoms with Gasteiger partial charge < -0.3 is 19.4 Å². The van der Waals surface area contributed by atoms with E-state index in [0.29, 0.717) is 29.8 Å². The van der Waals surface area contributed by atoms with E-state index in [9.17, 15) is 9.59 Å². The zero-order chi connectivity index (χ0) is 19.8. The topological polar surface area (TPSA) is 95.3 Å². The fraction of sp³-hybridized carbons (Fsp3) is 0.444. The van der Waals surface area contributed by atoms with Gasteiger partial charge in [0.15, 0.2) is 10.9 Å². The Hall–Kier alpha value is -2.39. The molecule has 9 heteroatoms. The molecule has 0 spiro atoms. The van der Waals surface area contributed by atoms with Crippen molar-refractivity contribution >= 4 is 17.7 Å². The van der Waals surface area contributed by atoms with Gasteiger partial charge in [0.1, 0.15) is 6.54 Å². The van der Waals surface area contributed by atoms with Crippen LogP contribution in [0, 0.1) is 13.8 Å². The molecule has 146 valence electrons. The SMILES string of the molecule is COCCNC(=O)Cn1cc(OC)c(=O)cc1CSc1nc(C)cc(C)n1. The predicted octanol–water partition coefficient (Wildman–Crippen LogP) is 1.32. The average Bonchev–Trinajstić information content (AvgIpc) is 2.61. The lowest BCUT2D eigenvalue weighted by atomic mass is 10.3. The fourth-order valence-corrected chi connectivity index (χ4v) is 3.36. The molecule has 0 aliphatic carbocycles. The van der Waals surface area contributed by atoms with Crippen molar-refractivity contribution in [2.24, 2.45) is 0 Å². The highest BCUT2D eigenvalue weighted by molar-refractivity contribution is 7.98. The van der Waals surface area contributed by atoms with Gasteiger partial charge in [-0.2, -0.15) is 0 Å². The van der Waals surface area contributed by atoms with Crippen LogP contribution in [0.25, 0.3) is 0 Å². The van der Waals surface area contributed by atoms with Gasteiger partial charge in [0, 0.05) is 42.6 Å². The first-order valence-electron chi connectivity index (χ1n) is 8.41. The first kappa shape index (κ1) is 20.9. The smallest absolute Gasteiger partial charge is 0.240 e. The van der Waals surface area contributed by atoms with Gasteiger partial charge in [0.05, 0.1) is 19.9 Å². The number of carbonyl (C=O) groups is 1. The third kappa shape index (κ3) is 6.37. The van der Waals surface area contributed by atoms with Gasteiger partial charge in [-0.05, 0) is 19.9 Å². The van der Waals surface area contributed by atoms with E-state index in [1.807, 2.05) is 19.9 Å². The van der Waals surface area contributed by atoms with Gasteiger partial charge in [0.25, 0.3) is 0 Å². The molecule has 2 rings (SSSR count). The molecule has 0 atom stereocenters. The van der Waals surface area contributed by atoms with Gasteiger partial charge in [-0.25, -0.2) is 9.97 Å². The summed E-state index contributed by atoms with van der Waals surface area (Å²) in [5.74, 6) is 0.468. The zero-order valence-electron chi connectivity index (χ0n) is 15.9. The molecule has 8 nitrogen and oxygen atoms in total. The number of aromatic nitrogens is 3. The molecule has 0 saturated heterocycles. The minimum atomic E-state index is -0.231. The van der Waals surface area contributed by atoms with Gasteiger partial charge >= 0.3 is 0 Å². The second-order valence-corrected chi connectivity index (χ2v) is 6.83. The number of pyridine rings is 1. The summed E-state index contributed by atoms with van der Waals surface area (Å²) in [4.78, 5) is 33.1. The van der Waals surface area contributed by atoms with Crippen molar-refractivity contribution in [1.29, 1.82) is 0 Å². The summed E-state index contributed by atoms with van der Waals surface area (Å²) in [6.45, 7) is 4.75. The number of thioether (sulfide) groups is 1. The molecule has 1 N–H and O–H groups in total. The zero-order valence-corrected chi connectivity index (χ0v) is 16.8. The Morgan fingerprint density at radius 3 is 2.56 bits per heavy atom. The monoisotopic (exact) mass is 392 g/mol. The summed E-state index contributed by atoms with van der Waals surface area (Å²) in [7, 11) is 3.00. The van der Waals surface area contributed by atoms with Crippen LogP contribution < -0.4 is 15.5 Å². The van der Waals surface area contributed by atoms with E-state index in [1.165, 1.54) is 24.9 Å². The van der Waals surface area contributed by atoms with Crippen molar-refractivity contribution < 1.29 is 14.3 Å². The van der Waals surface area contributed by atoms with Crippen LogP contribution in [0.3, 0.4) is 0 Å². The van der Waals surface area contributed by atoms with E-state index in [4.69, 9.17) is 9.47 Å². The summed E-state index contributed by atoms with van der Waals surface area (Å²) in [6.07, 6.45) is 1.55. The standard InChI is InChI=1S/C18H24N4O4S/c1-12-7-13(2)21-18(20-12)27-11-14-8-15(23)16(26-4)9-22(14)10-17(24)19-5-6-25-3/h7-9H,5-6,10-11H2,1-4H3,(H,19,24). The lowest BCUT2D eigenvalue weighted by Gasteiger charge is -2.14. The number of nitrogens with zero attached hydrogens (tertiary/aromatic N) is 3. The maximum atomic E-state index is 12.1. The number of carbonyl (C=O) groups excluding carboxylic acids is 1. The molecule has 2 aromatic rings. The summed E-state index contributed by atoms with van der Waals surface area (Å²) in [5.41, 5.74) is 2.23. The molecule has 0 saturated carbocycles. The minimum Gasteiger partial charge on any atom is -0.491 e. The highest BCUT2D eigenvalue weighted by Gasteiger charge is 2.12. The molecule has 0 aliphatic rings. The number of methoxy groups -OCH3 is 2. The molecule has 0 radical (unpaired) electrons. The Labute approximate surface area is 162 Å². The molecule has 0 bridgehead atoms. The Morgan fingerprint density at radius 2 is 1.93 bits per heavy atom. The quantitative estimate of drug-likeness (QED) is 0.391. The van der Waals surface area contributed by atoms with E-state index in [2.05, 4.69) is 15.3 Å². The van der Waals surface area contributed by atoms with E-state index in [0.717, 1.165) is 11.4 Å². The van der Waals surface area contributed by atoms with Crippen molar-refractivity contribution in [2.75, 3.05) is 27.4 Å². The summed E-state index contributed by atoms with van der Waals surface area (Å²) in [6, 6.07) is 3.38. The summed E-state index contributed by atoms with van der Waals surface area (Å²) in [5, 5.41) is 3.40. The van der Waals surface area contributed by atoms with E-state index < -0.39 is 0 Å². The van der Waals surface area contributed by atoms with Gasteiger partial charge in [-0.15, -0.1) is 0 Å². The van der Waals surface area contributed by atoms with Crippen molar-refractivity contribution in [3.63, 3.8) is 0 Å². The van der Waals surface area contributed by atoms with Crippen molar-refractivity contribution in [2.45, 2.75) is 31.3 Å². The Balaban J connectivity index is 2.19. The predicted molar refractivity (Wildman–Crippen MR) is 103 cm³/mol. The fourth-order valence-electron chi connectivity index (χ4n) is 2.42. The molecular formula is C18H24N4O4S. The van der Waals surface area contributed by atoms with Crippen LogP contribution in [0.4, 0.5) is 0 Å². The first-order valence-corrected chi connectivity index (χ1v) is 9.39. The first-order chi connectivity index (χ1) is 12.9. The normalized spacial score (nSPS) is 10.7. The highest BCUT2D eigenvalue weighted by Crippen LogP contribution is 2.20. The van der Waals surface area contributed by atoms with E-state index in [-0.39, 0.29) is 23.6 Å². The second-order valence-electron chi connectivity index (χ2n) is 5.89. The Morgan fingerprint density at radius 1 is 1.22 bits per heavy atom. The molecule has 27 heavy (non-hydrogen) atoms. The molecule has 0 fully saturated rings. The molecule has 0 aliphatic heterocycles. The van der Waals surface area contributed by atoms with Crippen LogP contribution in [0.15, 0.2) is 28.3 Å². The minimum absolute atomic E-state index is 0.0734. The lowest BCUT2D eigenvalue weighted by molar-refractivity contribution is -0.121. The molecule has 0 unspecified atom stereocenters. The van der Waals surface area contributed by atoms with Crippen molar-refractivity contribution in [1.82, 2.24) is 19.9 Å². The molecule has 2 heterocycles. The number of rotatable bonds is 9. The number of nitrogens with one attached hydrogen (secondary N) is 1. The summed E-state index contributed by atoms with van der Waals surface area (Å²) >= 11 is 1.41. The van der Waals surface area contributed by atoms with Crippen LogP contribution in [-0.2, 0) is 21.8 Å². The number of ether oxygens (including phenoxy) is 2. The van der Waals surface area contributed by atoms with Crippen LogP contribution in [-0.4, -0.2) is 47.8 Å². The van der Waals surface area contributed by atoms with Crippen LogP contribution in [0.2, 0.25) is 0 Å². The molecule has 0 aromatic carbocycles. The lowest BCUT2D eigenvalue weighted by Crippen LogP contribution is -2.31. The van der Waals surface area contributed by atoms with E-state index >= 15 is 0 Å². The van der Waals surface area contributed by atoms with E-state index in [1.54, 1.807) is 17.9 Å². The number of hydrogen-bond acceptors (Lipinski definition) is 7. The largest absolute Gasteiger partial charge is 0.491 e. The molecular weight excluding hydrogens is 368 g/mol. The number of amides is 1.